The van der Waals surface area contributed by atoms with Crippen molar-refractivity contribution in [1.82, 2.24) is 4.57 Å². The lowest BCUT2D eigenvalue weighted by molar-refractivity contribution is 0.439. The van der Waals surface area contributed by atoms with E-state index in [4.69, 9.17) is 0 Å². The van der Waals surface area contributed by atoms with Crippen molar-refractivity contribution in [1.29, 1.82) is 0 Å². The zero-order valence-corrected chi connectivity index (χ0v) is 13.2. The van der Waals surface area contributed by atoms with Gasteiger partial charge in [0.2, 0.25) is 5.88 Å². The first-order valence-corrected chi connectivity index (χ1v) is 8.04. The number of phenols is 1. The fourth-order valence-electron chi connectivity index (χ4n) is 2.60. The molecule has 0 saturated heterocycles. The van der Waals surface area contributed by atoms with Gasteiger partial charge in [-0.25, -0.2) is 4.57 Å². The van der Waals surface area contributed by atoms with Crippen molar-refractivity contribution < 1.29 is 10.2 Å². The fourth-order valence-corrected chi connectivity index (χ4v) is 3.44. The summed E-state index contributed by atoms with van der Waals surface area (Å²) in [7, 11) is 0. The standard InChI is InChI=1S/C18H12N2O3S/c21-13-7-5-12(6-8-13)20-17(22)16(24-18(20)23)9-11-10-19-15-4-2-1-3-14(11)15/h1-10,21-22H/b11-9-. The van der Waals surface area contributed by atoms with Crippen LogP contribution in [0, 0.1) is 0 Å². The van der Waals surface area contributed by atoms with Crippen molar-refractivity contribution in [3.8, 4) is 17.3 Å². The summed E-state index contributed by atoms with van der Waals surface area (Å²) < 4.78 is 1.22. The molecular formula is C18H12N2O3S. The zero-order valence-electron chi connectivity index (χ0n) is 12.4. The number of phenolic OH excluding ortho intramolecular Hbond substituents is 1. The maximum absolute atomic E-state index is 12.3. The lowest BCUT2D eigenvalue weighted by atomic mass is 10.1. The summed E-state index contributed by atoms with van der Waals surface area (Å²) in [6, 6.07) is 13.8. The van der Waals surface area contributed by atoms with Crippen LogP contribution >= 0.6 is 11.3 Å². The van der Waals surface area contributed by atoms with E-state index in [0.717, 1.165) is 28.2 Å². The summed E-state index contributed by atoms with van der Waals surface area (Å²) in [6.07, 6.45) is 3.48. The van der Waals surface area contributed by atoms with Crippen LogP contribution < -0.4 is 4.87 Å². The van der Waals surface area contributed by atoms with Crippen molar-refractivity contribution in [2.45, 2.75) is 0 Å². The van der Waals surface area contributed by atoms with E-state index in [1.54, 1.807) is 24.4 Å². The summed E-state index contributed by atoms with van der Waals surface area (Å²) in [5.41, 5.74) is 3.18. The summed E-state index contributed by atoms with van der Waals surface area (Å²) in [4.78, 5) is 16.7. The summed E-state index contributed by atoms with van der Waals surface area (Å²) in [5.74, 6) is -0.0244. The minimum Gasteiger partial charge on any atom is -0.508 e. The Hall–Kier alpha value is -3.12. The van der Waals surface area contributed by atoms with Gasteiger partial charge in [-0.2, -0.15) is 0 Å². The second kappa shape index (κ2) is 5.50. The van der Waals surface area contributed by atoms with Crippen LogP contribution in [0.4, 0.5) is 5.69 Å². The molecule has 0 atom stereocenters. The number of para-hydroxylation sites is 1. The van der Waals surface area contributed by atoms with Crippen molar-refractivity contribution >= 4 is 34.9 Å². The third kappa shape index (κ3) is 2.33. The van der Waals surface area contributed by atoms with Crippen LogP contribution in [-0.2, 0) is 0 Å². The quantitative estimate of drug-likeness (QED) is 0.751. The molecule has 4 rings (SSSR count). The van der Waals surface area contributed by atoms with Crippen molar-refractivity contribution in [3.05, 3.63) is 68.6 Å². The Morgan fingerprint density at radius 3 is 2.58 bits per heavy atom. The maximum Gasteiger partial charge on any atom is 0.315 e. The highest BCUT2D eigenvalue weighted by atomic mass is 32.1. The zero-order chi connectivity index (χ0) is 16.7. The monoisotopic (exact) mass is 336 g/mol. The number of allylic oxidation sites excluding steroid dienone is 1. The van der Waals surface area contributed by atoms with Crippen LogP contribution in [0.2, 0.25) is 0 Å². The number of hydrogen-bond acceptors (Lipinski definition) is 5. The van der Waals surface area contributed by atoms with E-state index < -0.39 is 0 Å². The highest BCUT2D eigenvalue weighted by molar-refractivity contribution is 7.10. The summed E-state index contributed by atoms with van der Waals surface area (Å²) in [6.45, 7) is 0. The fraction of sp³-hybridized carbons (Fsp3) is 0. The van der Waals surface area contributed by atoms with E-state index in [1.165, 1.54) is 16.7 Å². The molecule has 0 radical (unpaired) electrons. The average Bonchev–Trinajstić information content (AvgIpc) is 3.11. The molecule has 24 heavy (non-hydrogen) atoms. The van der Waals surface area contributed by atoms with Gasteiger partial charge in [0.1, 0.15) is 5.75 Å². The van der Waals surface area contributed by atoms with Gasteiger partial charge >= 0.3 is 4.87 Å². The number of rotatable bonds is 2. The van der Waals surface area contributed by atoms with Crippen LogP contribution in [0.15, 0.2) is 58.3 Å². The number of aromatic hydroxyl groups is 2. The molecule has 0 fully saturated rings. The lowest BCUT2D eigenvalue weighted by Gasteiger charge is -2.03. The van der Waals surface area contributed by atoms with E-state index in [2.05, 4.69) is 4.99 Å². The Morgan fingerprint density at radius 1 is 1.04 bits per heavy atom. The lowest BCUT2D eigenvalue weighted by Crippen LogP contribution is -2.09. The van der Waals surface area contributed by atoms with Crippen LogP contribution in [0.1, 0.15) is 10.4 Å². The molecule has 2 N–H and O–H groups in total. The van der Waals surface area contributed by atoms with Crippen LogP contribution in [0.25, 0.3) is 17.3 Å². The van der Waals surface area contributed by atoms with E-state index in [-0.39, 0.29) is 16.5 Å². The Morgan fingerprint density at radius 2 is 1.79 bits per heavy atom. The average molecular weight is 336 g/mol. The van der Waals surface area contributed by atoms with Crippen LogP contribution in [0.3, 0.4) is 0 Å². The number of benzene rings is 2. The van der Waals surface area contributed by atoms with Crippen molar-refractivity contribution in [2.24, 2.45) is 4.99 Å². The highest BCUT2D eigenvalue weighted by Gasteiger charge is 2.17. The third-order valence-corrected chi connectivity index (χ3v) is 4.64. The molecule has 0 spiro atoms. The first kappa shape index (κ1) is 14.5. The maximum atomic E-state index is 12.3. The molecule has 0 unspecified atom stereocenters. The molecule has 1 aliphatic heterocycles. The van der Waals surface area contributed by atoms with E-state index in [9.17, 15) is 15.0 Å². The van der Waals surface area contributed by atoms with Gasteiger partial charge in [-0.05, 0) is 36.4 Å². The molecule has 1 aromatic heterocycles. The van der Waals surface area contributed by atoms with Crippen LogP contribution in [0.5, 0.6) is 11.6 Å². The topological polar surface area (TPSA) is 74.8 Å². The van der Waals surface area contributed by atoms with E-state index in [1.807, 2.05) is 24.3 Å². The number of thiazole rings is 1. The molecule has 118 valence electrons. The van der Waals surface area contributed by atoms with Gasteiger partial charge in [0.25, 0.3) is 0 Å². The molecule has 1 aliphatic rings. The number of hydrogen-bond donors (Lipinski definition) is 2. The minimum atomic E-state index is -0.298. The van der Waals surface area contributed by atoms with Gasteiger partial charge in [-0.15, -0.1) is 0 Å². The SMILES string of the molecule is O=c1sc(/C=C2/C=Nc3ccccc32)c(O)n1-c1ccc(O)cc1. The third-order valence-electron chi connectivity index (χ3n) is 3.76. The van der Waals surface area contributed by atoms with E-state index in [0.29, 0.717) is 10.6 Å². The molecule has 6 heteroatoms. The van der Waals surface area contributed by atoms with Gasteiger partial charge in [-0.1, -0.05) is 29.5 Å². The Kier molecular flexibility index (Phi) is 3.32. The van der Waals surface area contributed by atoms with E-state index >= 15 is 0 Å². The molecule has 0 bridgehead atoms. The smallest absolute Gasteiger partial charge is 0.315 e. The molecule has 0 aliphatic carbocycles. The summed E-state index contributed by atoms with van der Waals surface area (Å²) >= 11 is 0.958. The highest BCUT2D eigenvalue weighted by Crippen LogP contribution is 2.34. The first-order valence-electron chi connectivity index (χ1n) is 7.23. The minimum absolute atomic E-state index is 0.0997. The number of nitrogens with zero attached hydrogens (tertiary/aromatic N) is 2. The van der Waals surface area contributed by atoms with Crippen LogP contribution in [-0.4, -0.2) is 21.0 Å². The predicted molar refractivity (Wildman–Crippen MR) is 95.7 cm³/mol. The summed E-state index contributed by atoms with van der Waals surface area (Å²) in [5, 5.41) is 19.8. The number of fused-ring (bicyclic) bond motifs is 1. The van der Waals surface area contributed by atoms with Crippen molar-refractivity contribution in [3.63, 3.8) is 0 Å². The van der Waals surface area contributed by atoms with Gasteiger partial charge in [0.15, 0.2) is 0 Å². The number of aromatic nitrogens is 1. The molecular weight excluding hydrogens is 324 g/mol. The first-order chi connectivity index (χ1) is 11.6. The molecule has 0 saturated carbocycles. The van der Waals surface area contributed by atoms with Gasteiger partial charge < -0.3 is 10.2 Å². The van der Waals surface area contributed by atoms with Gasteiger partial charge in [0, 0.05) is 17.4 Å². The second-order valence-corrected chi connectivity index (χ2v) is 6.28. The molecule has 2 heterocycles. The molecule has 5 nitrogen and oxygen atoms in total. The van der Waals surface area contributed by atoms with Gasteiger partial charge in [0.05, 0.1) is 16.3 Å². The Balaban J connectivity index is 1.81. The molecule has 3 aromatic rings. The Labute approximate surface area is 141 Å². The van der Waals surface area contributed by atoms with Gasteiger partial charge in [-0.3, -0.25) is 9.79 Å². The largest absolute Gasteiger partial charge is 0.508 e. The Bertz CT molecular complexity index is 1040. The second-order valence-electron chi connectivity index (χ2n) is 5.28. The molecule has 0 amide bonds. The normalized spacial score (nSPS) is 14.2. The van der Waals surface area contributed by atoms with Crippen molar-refractivity contribution in [2.75, 3.05) is 0 Å². The predicted octanol–water partition coefficient (Wildman–Crippen LogP) is 3.57. The number of aliphatic imine (C=N–C) groups is 1. The molecule has 2 aromatic carbocycles.